The molecule has 266 valence electrons. The van der Waals surface area contributed by atoms with E-state index >= 15 is 0 Å². The summed E-state index contributed by atoms with van der Waals surface area (Å²) in [5.74, 6) is 0. The Labute approximate surface area is 328 Å². The van der Waals surface area contributed by atoms with Crippen LogP contribution in [0.2, 0.25) is 0 Å². The minimum atomic E-state index is 0.798. The maximum Gasteiger partial charge on any atom is 0.162 e. The Morgan fingerprint density at radius 1 is 0.368 bits per heavy atom. The van der Waals surface area contributed by atoms with Crippen LogP contribution in [-0.2, 0) is 0 Å². The third-order valence-corrected chi connectivity index (χ3v) is 10.8. The van der Waals surface area contributed by atoms with Gasteiger partial charge in [-0.25, -0.2) is 9.97 Å². The summed E-state index contributed by atoms with van der Waals surface area (Å²) in [6.45, 7) is 0. The predicted molar refractivity (Wildman–Crippen MR) is 233 cm³/mol. The Hall–Kier alpha value is -7.76. The van der Waals surface area contributed by atoms with E-state index < -0.39 is 0 Å². The fraction of sp³-hybridized carbons (Fsp3) is 0. The van der Waals surface area contributed by atoms with Crippen LogP contribution in [0, 0.1) is 0 Å². The van der Waals surface area contributed by atoms with Crippen LogP contribution in [0.1, 0.15) is 0 Å². The van der Waals surface area contributed by atoms with Gasteiger partial charge in [0, 0.05) is 39.7 Å². The van der Waals surface area contributed by atoms with E-state index in [1.165, 1.54) is 0 Å². The number of benzene rings is 6. The maximum atomic E-state index is 6.66. The summed E-state index contributed by atoms with van der Waals surface area (Å²) in [6, 6.07) is 63.1. The highest BCUT2D eigenvalue weighted by atomic mass is 16.3. The second-order valence-electron chi connectivity index (χ2n) is 14.2. The zero-order valence-corrected chi connectivity index (χ0v) is 30.7. The molecule has 0 aliphatic carbocycles. The molecule has 0 fully saturated rings. The molecule has 0 aliphatic heterocycles. The molecular weight excluding hydrogens is 697 g/mol. The SMILES string of the molecule is c1ccc(-c2cc(-c3cccc(-c4cccc(-c5cccc6c5nc(-c5cccc7ccccc57)c5oc7ccccc7c56)c4)c3)cc(-c3ccccn3)n2)nc1. The highest BCUT2D eigenvalue weighted by Gasteiger charge is 2.21. The van der Waals surface area contributed by atoms with Crippen LogP contribution in [0.5, 0.6) is 0 Å². The van der Waals surface area contributed by atoms with Crippen molar-refractivity contribution in [3.05, 3.63) is 194 Å². The summed E-state index contributed by atoms with van der Waals surface area (Å²) in [6.07, 6.45) is 3.60. The van der Waals surface area contributed by atoms with Gasteiger partial charge in [-0.05, 0) is 93.2 Å². The van der Waals surface area contributed by atoms with Gasteiger partial charge in [0.1, 0.15) is 11.3 Å². The van der Waals surface area contributed by atoms with Crippen molar-refractivity contribution in [1.82, 2.24) is 19.9 Å². The third kappa shape index (κ3) is 5.72. The van der Waals surface area contributed by atoms with Gasteiger partial charge in [0.25, 0.3) is 0 Å². The molecule has 0 unspecified atom stereocenters. The summed E-state index contributed by atoms with van der Waals surface area (Å²) < 4.78 is 6.66. The largest absolute Gasteiger partial charge is 0.454 e. The number of para-hydroxylation sites is 2. The lowest BCUT2D eigenvalue weighted by atomic mass is 9.93. The van der Waals surface area contributed by atoms with Gasteiger partial charge in [-0.3, -0.25) is 9.97 Å². The zero-order chi connectivity index (χ0) is 37.7. The molecular formula is C52H32N4O. The molecule has 0 saturated carbocycles. The topological polar surface area (TPSA) is 64.7 Å². The summed E-state index contributed by atoms with van der Waals surface area (Å²) in [7, 11) is 0. The van der Waals surface area contributed by atoms with Crippen LogP contribution < -0.4 is 0 Å². The molecule has 11 aromatic rings. The Kier molecular flexibility index (Phi) is 7.74. The quantitative estimate of drug-likeness (QED) is 0.171. The Morgan fingerprint density at radius 3 is 1.67 bits per heavy atom. The molecule has 0 atom stereocenters. The minimum Gasteiger partial charge on any atom is -0.454 e. The average molecular weight is 729 g/mol. The lowest BCUT2D eigenvalue weighted by Crippen LogP contribution is -1.94. The number of pyridine rings is 4. The van der Waals surface area contributed by atoms with Gasteiger partial charge in [0.15, 0.2) is 5.58 Å². The van der Waals surface area contributed by atoms with E-state index in [1.54, 1.807) is 12.4 Å². The van der Waals surface area contributed by atoms with Crippen molar-refractivity contribution < 1.29 is 4.42 Å². The first-order valence-electron chi connectivity index (χ1n) is 19.0. The summed E-state index contributed by atoms with van der Waals surface area (Å²) in [5, 5.41) is 5.53. The average Bonchev–Trinajstić information content (AvgIpc) is 3.69. The number of nitrogens with zero attached hydrogens (tertiary/aromatic N) is 4. The molecule has 0 radical (unpaired) electrons. The number of aromatic nitrogens is 4. The van der Waals surface area contributed by atoms with Crippen molar-refractivity contribution in [2.24, 2.45) is 0 Å². The van der Waals surface area contributed by atoms with E-state index in [0.29, 0.717) is 0 Å². The van der Waals surface area contributed by atoms with Crippen molar-refractivity contribution in [3.63, 3.8) is 0 Å². The van der Waals surface area contributed by atoms with Gasteiger partial charge in [-0.2, -0.15) is 0 Å². The number of hydrogen-bond donors (Lipinski definition) is 0. The Balaban J connectivity index is 1.07. The van der Waals surface area contributed by atoms with E-state index in [9.17, 15) is 0 Å². The highest BCUT2D eigenvalue weighted by molar-refractivity contribution is 6.23. The normalized spacial score (nSPS) is 11.5. The second kappa shape index (κ2) is 13.5. The molecule has 11 rings (SSSR count). The highest BCUT2D eigenvalue weighted by Crippen LogP contribution is 2.43. The summed E-state index contributed by atoms with van der Waals surface area (Å²) >= 11 is 0. The minimum absolute atomic E-state index is 0.798. The lowest BCUT2D eigenvalue weighted by molar-refractivity contribution is 0.669. The molecule has 5 nitrogen and oxygen atoms in total. The van der Waals surface area contributed by atoms with Gasteiger partial charge in [0.2, 0.25) is 0 Å². The van der Waals surface area contributed by atoms with Gasteiger partial charge in [-0.1, -0.05) is 127 Å². The predicted octanol–water partition coefficient (Wildman–Crippen LogP) is 13.5. The van der Waals surface area contributed by atoms with Gasteiger partial charge < -0.3 is 4.42 Å². The van der Waals surface area contributed by atoms with Crippen LogP contribution >= 0.6 is 0 Å². The second-order valence-corrected chi connectivity index (χ2v) is 14.2. The van der Waals surface area contributed by atoms with Crippen LogP contribution in [0.3, 0.4) is 0 Å². The van der Waals surface area contributed by atoms with E-state index in [2.05, 4.69) is 143 Å². The molecule has 0 amide bonds. The molecule has 5 heterocycles. The molecule has 6 aromatic carbocycles. The molecule has 5 aromatic heterocycles. The zero-order valence-electron chi connectivity index (χ0n) is 30.7. The van der Waals surface area contributed by atoms with E-state index in [1.807, 2.05) is 48.5 Å². The van der Waals surface area contributed by atoms with E-state index in [0.717, 1.165) is 111 Å². The third-order valence-electron chi connectivity index (χ3n) is 10.8. The molecule has 0 N–H and O–H groups in total. The molecule has 57 heavy (non-hydrogen) atoms. The Morgan fingerprint density at radius 2 is 0.930 bits per heavy atom. The van der Waals surface area contributed by atoms with Crippen LogP contribution in [-0.4, -0.2) is 19.9 Å². The van der Waals surface area contributed by atoms with Crippen molar-refractivity contribution in [2.75, 3.05) is 0 Å². The lowest BCUT2D eigenvalue weighted by Gasteiger charge is -2.13. The monoisotopic (exact) mass is 728 g/mol. The standard InChI is InChI=1S/C52H32N4O/c1-2-19-39-33(13-1)14-11-22-41(39)51-52-49(42-20-3-4-26-48(42)57-52)43-23-12-21-40(50(43)56-51)37-18-10-16-35(30-37)34-15-9-17-36(29-34)38-31-46(44-24-5-7-27-53-44)55-47(32-38)45-25-6-8-28-54-45/h1-32H. The van der Waals surface area contributed by atoms with E-state index in [4.69, 9.17) is 14.4 Å². The molecule has 0 spiro atoms. The van der Waals surface area contributed by atoms with Crippen LogP contribution in [0.15, 0.2) is 199 Å². The van der Waals surface area contributed by atoms with Crippen molar-refractivity contribution in [3.8, 4) is 67.4 Å². The van der Waals surface area contributed by atoms with Gasteiger partial charge >= 0.3 is 0 Å². The fourth-order valence-electron chi connectivity index (χ4n) is 8.09. The van der Waals surface area contributed by atoms with Crippen LogP contribution in [0.25, 0.3) is 111 Å². The van der Waals surface area contributed by atoms with Crippen molar-refractivity contribution in [2.45, 2.75) is 0 Å². The van der Waals surface area contributed by atoms with Gasteiger partial charge in [-0.15, -0.1) is 0 Å². The fourth-order valence-corrected chi connectivity index (χ4v) is 8.09. The summed E-state index contributed by atoms with van der Waals surface area (Å²) in [4.78, 5) is 19.7. The molecule has 0 bridgehead atoms. The maximum absolute atomic E-state index is 6.66. The number of hydrogen-bond acceptors (Lipinski definition) is 5. The first-order valence-corrected chi connectivity index (χ1v) is 19.0. The van der Waals surface area contributed by atoms with Crippen LogP contribution in [0.4, 0.5) is 0 Å². The molecule has 0 saturated heterocycles. The number of furan rings is 1. The molecule has 5 heteroatoms. The Bertz CT molecular complexity index is 3240. The van der Waals surface area contributed by atoms with Crippen molar-refractivity contribution in [1.29, 1.82) is 0 Å². The smallest absolute Gasteiger partial charge is 0.162 e. The number of fused-ring (bicyclic) bond motifs is 6. The van der Waals surface area contributed by atoms with Crippen molar-refractivity contribution >= 4 is 43.6 Å². The molecule has 0 aliphatic rings. The first-order chi connectivity index (χ1) is 28.2. The number of rotatable bonds is 6. The van der Waals surface area contributed by atoms with E-state index in [-0.39, 0.29) is 0 Å². The van der Waals surface area contributed by atoms with Gasteiger partial charge in [0.05, 0.1) is 28.3 Å². The summed E-state index contributed by atoms with van der Waals surface area (Å²) in [5.41, 5.74) is 14.2. The first kappa shape index (κ1) is 32.7.